The summed E-state index contributed by atoms with van der Waals surface area (Å²) in [5.41, 5.74) is -2.34. The quantitative estimate of drug-likeness (QED) is 0.736. The first kappa shape index (κ1) is 19.7. The second kappa shape index (κ2) is 6.61. The summed E-state index contributed by atoms with van der Waals surface area (Å²) in [7, 11) is 0. The fraction of sp³-hybridized carbons (Fsp3) is 0.600. The molecule has 1 aromatic rings. The van der Waals surface area contributed by atoms with Gasteiger partial charge in [0.05, 0.1) is 16.2 Å². The van der Waals surface area contributed by atoms with Crippen LogP contribution in [0.1, 0.15) is 24.0 Å². The van der Waals surface area contributed by atoms with Crippen LogP contribution in [0, 0.1) is 11.2 Å². The van der Waals surface area contributed by atoms with Crippen LogP contribution < -0.4 is 5.32 Å². The van der Waals surface area contributed by atoms with Crippen molar-refractivity contribution >= 4 is 24.2 Å². The Kier molecular flexibility index (Phi) is 5.43. The number of hydrogen-bond acceptors (Lipinski definition) is 2. The first-order valence-corrected chi connectivity index (χ1v) is 8.29. The van der Waals surface area contributed by atoms with Crippen molar-refractivity contribution in [3.05, 3.63) is 35.1 Å². The highest BCUT2D eigenvalue weighted by Crippen LogP contribution is 2.70. The minimum atomic E-state index is -4.70. The van der Waals surface area contributed by atoms with Crippen LogP contribution in [0.15, 0.2) is 18.2 Å². The number of rotatable bonds is 3. The van der Waals surface area contributed by atoms with Gasteiger partial charge < -0.3 is 5.32 Å². The number of nitrogens with one attached hydrogen (secondary N) is 1. The van der Waals surface area contributed by atoms with E-state index in [2.05, 4.69) is 5.32 Å². The topological polar surface area (TPSA) is 12.0 Å². The molecule has 1 N–H and O–H groups in total. The second-order valence-corrected chi connectivity index (χ2v) is 7.11. The van der Waals surface area contributed by atoms with E-state index in [0.717, 1.165) is 23.9 Å². The maximum Gasteiger partial charge on any atom is 0.416 e. The molecule has 1 aliphatic carbocycles. The fourth-order valence-corrected chi connectivity index (χ4v) is 5.00. The Bertz CT molecular complexity index is 600. The monoisotopic (exact) mass is 391 g/mol. The summed E-state index contributed by atoms with van der Waals surface area (Å²) in [6, 6.07) is 2.37. The summed E-state index contributed by atoms with van der Waals surface area (Å²) >= 11 is 0.844. The molecule has 0 bridgehead atoms. The van der Waals surface area contributed by atoms with E-state index in [-0.39, 0.29) is 23.7 Å². The van der Waals surface area contributed by atoms with Gasteiger partial charge in [-0.3, -0.25) is 0 Å². The van der Waals surface area contributed by atoms with Gasteiger partial charge in [0, 0.05) is 5.75 Å². The fourth-order valence-electron chi connectivity index (χ4n) is 3.32. The lowest BCUT2D eigenvalue weighted by atomic mass is 9.94. The van der Waals surface area contributed by atoms with E-state index in [9.17, 15) is 26.3 Å². The third-order valence-electron chi connectivity index (χ3n) is 4.69. The van der Waals surface area contributed by atoms with Crippen molar-refractivity contribution in [1.29, 1.82) is 0 Å². The van der Waals surface area contributed by atoms with Gasteiger partial charge in [0.1, 0.15) is 5.82 Å². The van der Waals surface area contributed by atoms with Crippen LogP contribution in [-0.4, -0.2) is 24.3 Å². The number of thioether (sulfide) groups is 1. The Hall–Kier alpha value is -0.600. The normalized spacial score (nSPS) is 24.5. The average Bonchev–Trinajstić information content (AvgIpc) is 2.91. The van der Waals surface area contributed by atoms with Crippen LogP contribution in [-0.2, 0) is 11.9 Å². The van der Waals surface area contributed by atoms with Crippen LogP contribution >= 0.6 is 24.2 Å². The summed E-state index contributed by atoms with van der Waals surface area (Å²) in [6.45, 7) is 0.994. The lowest BCUT2D eigenvalue weighted by Crippen LogP contribution is -2.32. The molecule has 0 aromatic heterocycles. The van der Waals surface area contributed by atoms with Crippen LogP contribution in [0.4, 0.5) is 26.3 Å². The highest BCUT2D eigenvalue weighted by Gasteiger charge is 2.79. The molecular formula is C15H16ClF6NS. The van der Waals surface area contributed by atoms with E-state index in [1.54, 1.807) is 0 Å². The molecule has 1 unspecified atom stereocenters. The van der Waals surface area contributed by atoms with Gasteiger partial charge in [-0.25, -0.2) is 13.2 Å². The Labute approximate surface area is 146 Å². The smallest absolute Gasteiger partial charge is 0.317 e. The van der Waals surface area contributed by atoms with Crippen molar-refractivity contribution in [3.63, 3.8) is 0 Å². The van der Waals surface area contributed by atoms with Crippen molar-refractivity contribution in [2.75, 3.05) is 13.1 Å². The molecule has 1 spiro atoms. The summed E-state index contributed by atoms with van der Waals surface area (Å²) in [4.78, 5) is 0. The molecule has 3 rings (SSSR count). The Morgan fingerprint density at radius 2 is 1.79 bits per heavy atom. The molecular weight excluding hydrogens is 376 g/mol. The molecule has 1 saturated heterocycles. The van der Waals surface area contributed by atoms with E-state index < -0.39 is 34.1 Å². The van der Waals surface area contributed by atoms with Gasteiger partial charge >= 0.3 is 6.18 Å². The molecule has 2 aliphatic rings. The maximum absolute atomic E-state index is 14.1. The molecule has 1 atom stereocenters. The van der Waals surface area contributed by atoms with E-state index in [4.69, 9.17) is 0 Å². The van der Waals surface area contributed by atoms with Crippen molar-refractivity contribution in [1.82, 2.24) is 5.32 Å². The molecule has 1 nitrogen and oxygen atoms in total. The van der Waals surface area contributed by atoms with Gasteiger partial charge in [-0.2, -0.15) is 13.2 Å². The number of alkyl halides is 5. The molecule has 9 heteroatoms. The molecule has 0 amide bonds. The van der Waals surface area contributed by atoms with Crippen molar-refractivity contribution in [2.45, 2.75) is 35.9 Å². The molecule has 1 aliphatic heterocycles. The van der Waals surface area contributed by atoms with Gasteiger partial charge in [-0.05, 0) is 43.6 Å². The first-order valence-electron chi connectivity index (χ1n) is 7.24. The Morgan fingerprint density at radius 1 is 1.17 bits per heavy atom. The number of halogens is 7. The molecule has 1 heterocycles. The zero-order chi connectivity index (χ0) is 16.9. The van der Waals surface area contributed by atoms with Gasteiger partial charge in [0.15, 0.2) is 0 Å². The highest BCUT2D eigenvalue weighted by atomic mass is 35.5. The number of piperidine rings is 1. The predicted molar refractivity (Wildman–Crippen MR) is 83.2 cm³/mol. The minimum Gasteiger partial charge on any atom is -0.317 e. The number of hydrogen-bond donors (Lipinski definition) is 1. The van der Waals surface area contributed by atoms with Crippen molar-refractivity contribution < 1.29 is 26.3 Å². The van der Waals surface area contributed by atoms with E-state index in [0.29, 0.717) is 32.0 Å². The molecule has 2 fully saturated rings. The largest absolute Gasteiger partial charge is 0.416 e. The second-order valence-electron chi connectivity index (χ2n) is 6.02. The summed E-state index contributed by atoms with van der Waals surface area (Å²) in [6.07, 6.45) is -4.04. The summed E-state index contributed by atoms with van der Waals surface area (Å²) in [5.74, 6) is -4.04. The lowest BCUT2D eigenvalue weighted by molar-refractivity contribution is -0.138. The van der Waals surface area contributed by atoms with Gasteiger partial charge in [-0.1, -0.05) is 6.07 Å². The van der Waals surface area contributed by atoms with Gasteiger partial charge in [0.2, 0.25) is 0 Å². The maximum atomic E-state index is 14.1. The van der Waals surface area contributed by atoms with Gasteiger partial charge in [-0.15, -0.1) is 24.2 Å². The lowest BCUT2D eigenvalue weighted by Gasteiger charge is -2.22. The summed E-state index contributed by atoms with van der Waals surface area (Å²) in [5, 5.41) is 2.05. The van der Waals surface area contributed by atoms with Crippen molar-refractivity contribution in [3.8, 4) is 0 Å². The molecule has 0 radical (unpaired) electrons. The third-order valence-corrected chi connectivity index (χ3v) is 6.25. The molecule has 1 aromatic carbocycles. The van der Waals surface area contributed by atoms with Crippen LogP contribution in [0.2, 0.25) is 0 Å². The van der Waals surface area contributed by atoms with Gasteiger partial charge in [0.25, 0.3) is 5.92 Å². The molecule has 136 valence electrons. The Balaban J connectivity index is 0.00000208. The Morgan fingerprint density at radius 3 is 2.38 bits per heavy atom. The average molecular weight is 392 g/mol. The van der Waals surface area contributed by atoms with E-state index in [1.807, 2.05) is 0 Å². The number of benzene rings is 1. The van der Waals surface area contributed by atoms with E-state index in [1.165, 1.54) is 0 Å². The first-order chi connectivity index (χ1) is 10.7. The van der Waals surface area contributed by atoms with E-state index >= 15 is 0 Å². The van der Waals surface area contributed by atoms with Crippen LogP contribution in [0.5, 0.6) is 0 Å². The standard InChI is InChI=1S/C15H15F6NS.ClH/c16-10-2-1-9(11(7-10)15(19,20)21)8-23-12-13(14(12,17)18)3-5-22-6-4-13;/h1-2,7,12,22H,3-6,8H2;1H. The molecule has 24 heavy (non-hydrogen) atoms. The highest BCUT2D eigenvalue weighted by molar-refractivity contribution is 7.99. The SMILES string of the molecule is Cl.Fc1ccc(CSC2C(F)(F)C23CCNCC3)c(C(F)(F)F)c1. The van der Waals surface area contributed by atoms with Crippen molar-refractivity contribution in [2.24, 2.45) is 5.41 Å². The van der Waals surface area contributed by atoms with Crippen LogP contribution in [0.25, 0.3) is 0 Å². The van der Waals surface area contributed by atoms with Crippen LogP contribution in [0.3, 0.4) is 0 Å². The zero-order valence-electron chi connectivity index (χ0n) is 12.4. The summed E-state index contributed by atoms with van der Waals surface area (Å²) < 4.78 is 80.1. The minimum absolute atomic E-state index is 0. The predicted octanol–water partition coefficient (Wildman–Crippen LogP) is 4.89. The zero-order valence-corrected chi connectivity index (χ0v) is 14.1. The third kappa shape index (κ3) is 3.24. The molecule has 1 saturated carbocycles.